The molecule has 1 aliphatic rings. The molecule has 0 radical (unpaired) electrons. The van der Waals surface area contributed by atoms with Crippen molar-refractivity contribution in [2.24, 2.45) is 5.92 Å². The molecular weight excluding hydrogens is 318 g/mol. The van der Waals surface area contributed by atoms with Gasteiger partial charge < -0.3 is 10.4 Å². The highest BCUT2D eigenvalue weighted by molar-refractivity contribution is 9.10. The number of aliphatic hydroxyl groups excluding tert-OH is 1. The zero-order valence-corrected chi connectivity index (χ0v) is 13.6. The molecule has 1 aromatic rings. The minimum atomic E-state index is -0.371. The van der Waals surface area contributed by atoms with Crippen LogP contribution < -0.4 is 5.32 Å². The lowest BCUT2D eigenvalue weighted by molar-refractivity contribution is -0.131. The van der Waals surface area contributed by atoms with E-state index in [0.717, 1.165) is 29.3 Å². The maximum absolute atomic E-state index is 12.7. The summed E-state index contributed by atoms with van der Waals surface area (Å²) in [6, 6.07) is 8.03. The van der Waals surface area contributed by atoms with Gasteiger partial charge in [-0.25, -0.2) is 0 Å². The number of aliphatic hydroxyl groups is 1. The van der Waals surface area contributed by atoms with Gasteiger partial charge in [0.05, 0.1) is 5.41 Å². The van der Waals surface area contributed by atoms with Gasteiger partial charge in [-0.05, 0) is 43.4 Å². The Morgan fingerprint density at radius 3 is 2.40 bits per heavy atom. The van der Waals surface area contributed by atoms with Crippen LogP contribution in [0, 0.1) is 5.92 Å². The third kappa shape index (κ3) is 2.91. The van der Waals surface area contributed by atoms with Crippen LogP contribution in [0.5, 0.6) is 0 Å². The van der Waals surface area contributed by atoms with Gasteiger partial charge in [-0.15, -0.1) is 0 Å². The average Bonchev–Trinajstić information content (AvgIpc) is 2.38. The van der Waals surface area contributed by atoms with E-state index in [1.165, 1.54) is 0 Å². The van der Waals surface area contributed by atoms with Gasteiger partial charge in [-0.2, -0.15) is 0 Å². The van der Waals surface area contributed by atoms with Gasteiger partial charge in [0.15, 0.2) is 0 Å². The van der Waals surface area contributed by atoms with E-state index in [0.29, 0.717) is 0 Å². The summed E-state index contributed by atoms with van der Waals surface area (Å²) in [4.78, 5) is 12.7. The molecule has 1 fully saturated rings. The lowest BCUT2D eigenvalue weighted by Gasteiger charge is -2.42. The maximum atomic E-state index is 12.7. The molecule has 1 saturated carbocycles. The van der Waals surface area contributed by atoms with Crippen molar-refractivity contribution in [3.63, 3.8) is 0 Å². The second-order valence-electron chi connectivity index (χ2n) is 5.86. The highest BCUT2D eigenvalue weighted by atomic mass is 79.9. The van der Waals surface area contributed by atoms with Crippen molar-refractivity contribution in [3.05, 3.63) is 34.3 Å². The van der Waals surface area contributed by atoms with Crippen LogP contribution in [0.25, 0.3) is 0 Å². The summed E-state index contributed by atoms with van der Waals surface area (Å²) in [7, 11) is 0. The van der Waals surface area contributed by atoms with Crippen LogP contribution in [-0.2, 0) is 10.2 Å². The lowest BCUT2D eigenvalue weighted by Crippen LogP contribution is -2.52. The molecule has 110 valence electrons. The molecule has 4 heteroatoms. The van der Waals surface area contributed by atoms with E-state index >= 15 is 0 Å². The van der Waals surface area contributed by atoms with E-state index in [-0.39, 0.29) is 29.9 Å². The minimum absolute atomic E-state index is 0.0135. The first-order chi connectivity index (χ1) is 9.49. The number of benzene rings is 1. The number of amides is 1. The molecule has 2 unspecified atom stereocenters. The highest BCUT2D eigenvalue weighted by Gasteiger charge is 2.45. The largest absolute Gasteiger partial charge is 0.396 e. The van der Waals surface area contributed by atoms with E-state index in [1.54, 1.807) is 0 Å². The molecule has 3 nitrogen and oxygen atoms in total. The third-order valence-corrected chi connectivity index (χ3v) is 5.07. The van der Waals surface area contributed by atoms with Gasteiger partial charge in [-0.1, -0.05) is 41.4 Å². The second kappa shape index (κ2) is 6.27. The lowest BCUT2D eigenvalue weighted by atomic mass is 9.63. The van der Waals surface area contributed by atoms with Gasteiger partial charge in [-0.3, -0.25) is 4.79 Å². The molecule has 0 heterocycles. The predicted molar refractivity (Wildman–Crippen MR) is 83.5 cm³/mol. The topological polar surface area (TPSA) is 49.3 Å². The number of hydrogen-bond acceptors (Lipinski definition) is 2. The third-order valence-electron chi connectivity index (χ3n) is 4.54. The molecule has 2 atom stereocenters. The van der Waals surface area contributed by atoms with Gasteiger partial charge in [0.1, 0.15) is 0 Å². The van der Waals surface area contributed by atoms with Gasteiger partial charge in [0.25, 0.3) is 0 Å². The molecule has 2 rings (SSSR count). The van der Waals surface area contributed by atoms with Gasteiger partial charge in [0.2, 0.25) is 5.91 Å². The van der Waals surface area contributed by atoms with E-state index in [2.05, 4.69) is 21.2 Å². The van der Waals surface area contributed by atoms with Crippen LogP contribution in [0.1, 0.15) is 38.7 Å². The van der Waals surface area contributed by atoms with Crippen molar-refractivity contribution in [2.45, 2.75) is 44.6 Å². The van der Waals surface area contributed by atoms with Crippen molar-refractivity contribution in [1.29, 1.82) is 0 Å². The quantitative estimate of drug-likeness (QED) is 0.866. The zero-order valence-electron chi connectivity index (χ0n) is 12.0. The monoisotopic (exact) mass is 339 g/mol. The number of nitrogens with one attached hydrogen (secondary N) is 1. The average molecular weight is 340 g/mol. The van der Waals surface area contributed by atoms with Crippen LogP contribution in [0.15, 0.2) is 28.7 Å². The van der Waals surface area contributed by atoms with Crippen LogP contribution in [0.2, 0.25) is 0 Å². The molecule has 0 aromatic heterocycles. The summed E-state index contributed by atoms with van der Waals surface area (Å²) in [6.07, 6.45) is 2.90. The number of halogens is 1. The summed E-state index contributed by atoms with van der Waals surface area (Å²) >= 11 is 3.43. The highest BCUT2D eigenvalue weighted by Crippen LogP contribution is 2.44. The Bertz CT molecular complexity index is 468. The Balaban J connectivity index is 2.14. The molecule has 2 N–H and O–H groups in total. The summed E-state index contributed by atoms with van der Waals surface area (Å²) in [5.74, 6) is 0.167. The van der Waals surface area contributed by atoms with E-state index in [1.807, 2.05) is 38.1 Å². The fourth-order valence-electron chi connectivity index (χ4n) is 2.59. The number of rotatable bonds is 5. The molecule has 0 bridgehead atoms. The van der Waals surface area contributed by atoms with E-state index < -0.39 is 0 Å². The Labute approximate surface area is 128 Å². The first kappa shape index (κ1) is 15.5. The van der Waals surface area contributed by atoms with Crippen LogP contribution in [0.3, 0.4) is 0 Å². The molecule has 0 saturated heterocycles. The smallest absolute Gasteiger partial charge is 0.230 e. The fourth-order valence-corrected chi connectivity index (χ4v) is 2.86. The Kier molecular flexibility index (Phi) is 4.86. The molecular formula is C16H22BrNO2. The van der Waals surface area contributed by atoms with Crippen LogP contribution >= 0.6 is 15.9 Å². The fraction of sp³-hybridized carbons (Fsp3) is 0.562. The SMILES string of the molecule is CC(CO)C(C)NC(=O)C1(c2ccc(Br)cc2)CCC1. The molecule has 20 heavy (non-hydrogen) atoms. The Morgan fingerprint density at radius 1 is 1.35 bits per heavy atom. The van der Waals surface area contributed by atoms with Crippen molar-refractivity contribution in [2.75, 3.05) is 6.61 Å². The normalized spacial score (nSPS) is 19.8. The molecule has 0 spiro atoms. The van der Waals surface area contributed by atoms with Crippen molar-refractivity contribution in [3.8, 4) is 0 Å². The van der Waals surface area contributed by atoms with Crippen molar-refractivity contribution in [1.82, 2.24) is 5.32 Å². The summed E-state index contributed by atoms with van der Waals surface area (Å²) in [5, 5.41) is 12.3. The molecule has 1 amide bonds. The van der Waals surface area contributed by atoms with Crippen LogP contribution in [-0.4, -0.2) is 23.7 Å². The Morgan fingerprint density at radius 2 is 1.95 bits per heavy atom. The standard InChI is InChI=1S/C16H22BrNO2/c1-11(10-19)12(2)18-15(20)16(8-3-9-16)13-4-6-14(17)7-5-13/h4-7,11-12,19H,3,8-10H2,1-2H3,(H,18,20). The number of carbonyl (C=O) groups excluding carboxylic acids is 1. The van der Waals surface area contributed by atoms with Gasteiger partial charge >= 0.3 is 0 Å². The Hall–Kier alpha value is -0.870. The predicted octanol–water partition coefficient (Wildman–Crippen LogP) is 3.00. The molecule has 0 aliphatic heterocycles. The minimum Gasteiger partial charge on any atom is -0.396 e. The van der Waals surface area contributed by atoms with Crippen LogP contribution in [0.4, 0.5) is 0 Å². The first-order valence-corrected chi connectivity index (χ1v) is 7.97. The van der Waals surface area contributed by atoms with Crippen molar-refractivity contribution >= 4 is 21.8 Å². The maximum Gasteiger partial charge on any atom is 0.230 e. The zero-order chi connectivity index (χ0) is 14.8. The second-order valence-corrected chi connectivity index (χ2v) is 6.78. The number of carbonyl (C=O) groups is 1. The van der Waals surface area contributed by atoms with E-state index in [4.69, 9.17) is 0 Å². The summed E-state index contributed by atoms with van der Waals surface area (Å²) < 4.78 is 1.03. The van der Waals surface area contributed by atoms with E-state index in [9.17, 15) is 9.90 Å². The van der Waals surface area contributed by atoms with Gasteiger partial charge in [0, 0.05) is 17.1 Å². The molecule has 1 aromatic carbocycles. The van der Waals surface area contributed by atoms with Crippen molar-refractivity contribution < 1.29 is 9.90 Å². The summed E-state index contributed by atoms with van der Waals surface area (Å²) in [5.41, 5.74) is 0.720. The number of hydrogen-bond donors (Lipinski definition) is 2. The molecule has 1 aliphatic carbocycles. The summed E-state index contributed by atoms with van der Waals surface area (Å²) in [6.45, 7) is 3.98. The first-order valence-electron chi connectivity index (χ1n) is 7.17.